The molecule has 3 aromatic rings. The monoisotopic (exact) mass is 486 g/mol. The second kappa shape index (κ2) is 11.1. The van der Waals surface area contributed by atoms with Crippen LogP contribution in [0.3, 0.4) is 0 Å². The molecule has 3 atom stereocenters. The summed E-state index contributed by atoms with van der Waals surface area (Å²) < 4.78 is 38.1. The van der Waals surface area contributed by atoms with Crippen molar-refractivity contribution in [1.82, 2.24) is 9.13 Å². The van der Waals surface area contributed by atoms with Crippen molar-refractivity contribution in [2.45, 2.75) is 51.4 Å². The van der Waals surface area contributed by atoms with Gasteiger partial charge in [-0.15, -0.1) is 0 Å². The molecule has 0 saturated carbocycles. The molecule has 1 aliphatic rings. The fourth-order valence-electron chi connectivity index (χ4n) is 3.76. The molecule has 2 aromatic carbocycles. The molecule has 0 amide bonds. The Balaban J connectivity index is 1.41. The van der Waals surface area contributed by atoms with Gasteiger partial charge in [-0.05, 0) is 18.1 Å². The van der Waals surface area contributed by atoms with E-state index in [1.807, 2.05) is 60.7 Å². The van der Waals surface area contributed by atoms with Gasteiger partial charge < -0.3 is 24.1 Å². The minimum absolute atomic E-state index is 0.136. The predicted molar refractivity (Wildman–Crippen MR) is 122 cm³/mol. The van der Waals surface area contributed by atoms with E-state index in [4.69, 9.17) is 18.9 Å². The average molecular weight is 486 g/mol. The fraction of sp³-hybridized carbons (Fsp3) is 0.360. The predicted octanol–water partition coefficient (Wildman–Crippen LogP) is 2.51. The van der Waals surface area contributed by atoms with Gasteiger partial charge in [0.1, 0.15) is 19.1 Å². The van der Waals surface area contributed by atoms with Gasteiger partial charge in [0.2, 0.25) is 5.82 Å². The highest BCUT2D eigenvalue weighted by Crippen LogP contribution is 2.36. The van der Waals surface area contributed by atoms with Crippen molar-refractivity contribution in [3.8, 4) is 0 Å². The number of benzene rings is 2. The molecule has 1 fully saturated rings. The number of aliphatic hydroxyl groups is 1. The van der Waals surface area contributed by atoms with Crippen LogP contribution in [0, 0.1) is 5.82 Å². The molecular weight excluding hydrogens is 459 g/mol. The van der Waals surface area contributed by atoms with E-state index in [0.29, 0.717) is 4.57 Å². The van der Waals surface area contributed by atoms with Gasteiger partial charge in [0, 0.05) is 6.42 Å². The molecule has 0 bridgehead atoms. The molecule has 1 aromatic heterocycles. The van der Waals surface area contributed by atoms with Crippen LogP contribution >= 0.6 is 0 Å². The Hall–Kier alpha value is -3.15. The highest BCUT2D eigenvalue weighted by atomic mass is 19.1. The van der Waals surface area contributed by atoms with Crippen LogP contribution < -0.4 is 11.2 Å². The van der Waals surface area contributed by atoms with Crippen molar-refractivity contribution < 1.29 is 28.4 Å². The lowest BCUT2D eigenvalue weighted by Gasteiger charge is -2.25. The third-order valence-electron chi connectivity index (χ3n) is 5.76. The highest BCUT2D eigenvalue weighted by molar-refractivity contribution is 5.14. The van der Waals surface area contributed by atoms with E-state index in [-0.39, 0.29) is 26.4 Å². The largest absolute Gasteiger partial charge is 0.363 e. The van der Waals surface area contributed by atoms with Gasteiger partial charge in [0.05, 0.1) is 19.4 Å². The van der Waals surface area contributed by atoms with E-state index in [9.17, 15) is 19.1 Å². The van der Waals surface area contributed by atoms with Gasteiger partial charge in [0.15, 0.2) is 12.6 Å². The minimum atomic E-state index is -1.78. The second-order valence-electron chi connectivity index (χ2n) is 8.24. The summed E-state index contributed by atoms with van der Waals surface area (Å²) in [6, 6.07) is 18.6. The Morgan fingerprint density at radius 1 is 1.03 bits per heavy atom. The second-order valence-corrected chi connectivity index (χ2v) is 8.24. The van der Waals surface area contributed by atoms with Crippen LogP contribution in [0.2, 0.25) is 0 Å². The van der Waals surface area contributed by atoms with E-state index in [2.05, 4.69) is 0 Å². The molecule has 0 aliphatic carbocycles. The Morgan fingerprint density at radius 2 is 1.63 bits per heavy atom. The number of ether oxygens (including phenoxy) is 4. The van der Waals surface area contributed by atoms with Crippen LogP contribution in [-0.2, 0) is 38.9 Å². The summed E-state index contributed by atoms with van der Waals surface area (Å²) in [5, 5.41) is 10.9. The summed E-state index contributed by atoms with van der Waals surface area (Å²) in [6.45, 7) is 1.32. The molecule has 2 heterocycles. The van der Waals surface area contributed by atoms with Crippen molar-refractivity contribution in [3.63, 3.8) is 0 Å². The number of aromatic nitrogens is 2. The van der Waals surface area contributed by atoms with Crippen LogP contribution in [0.15, 0.2) is 76.4 Å². The van der Waals surface area contributed by atoms with E-state index >= 15 is 0 Å². The SMILES string of the molecule is C[C@H]1O[C@@H](n2cc(F)c(=O)n(COCc3ccccc3)c2=O)C[C@@]1(O)OCOCc1ccccc1. The molecule has 10 heteroatoms. The summed E-state index contributed by atoms with van der Waals surface area (Å²) in [6.07, 6.45) is -1.32. The summed E-state index contributed by atoms with van der Waals surface area (Å²) in [7, 11) is 0. The lowest BCUT2D eigenvalue weighted by Crippen LogP contribution is -2.43. The van der Waals surface area contributed by atoms with Gasteiger partial charge in [-0.1, -0.05) is 60.7 Å². The third kappa shape index (κ3) is 5.92. The molecule has 35 heavy (non-hydrogen) atoms. The van der Waals surface area contributed by atoms with Crippen molar-refractivity contribution in [2.24, 2.45) is 0 Å². The number of halogens is 1. The topological polar surface area (TPSA) is 101 Å². The number of hydrogen-bond donors (Lipinski definition) is 1. The summed E-state index contributed by atoms with van der Waals surface area (Å²) in [5.41, 5.74) is -0.158. The maximum absolute atomic E-state index is 14.4. The van der Waals surface area contributed by atoms with Crippen LogP contribution in [0.4, 0.5) is 4.39 Å². The smallest absolute Gasteiger partial charge is 0.335 e. The average Bonchev–Trinajstić information content (AvgIpc) is 3.16. The van der Waals surface area contributed by atoms with Crippen molar-refractivity contribution in [1.29, 1.82) is 0 Å². The molecule has 4 rings (SSSR count). The normalized spacial score (nSPS) is 21.9. The van der Waals surface area contributed by atoms with Gasteiger partial charge in [0.25, 0.3) is 5.56 Å². The molecule has 1 saturated heterocycles. The van der Waals surface area contributed by atoms with E-state index in [1.165, 1.54) is 0 Å². The standard InChI is InChI=1S/C25H27FN2O7/c1-18-25(31,34-17-33-15-20-10-6-3-7-11-20)12-22(35-18)27-13-21(26)23(29)28(24(27)30)16-32-14-19-8-4-2-5-9-19/h2-11,13,18,22,31H,12,14-17H2,1H3/t18-,22-,25-/m1/s1. The Morgan fingerprint density at radius 3 is 2.26 bits per heavy atom. The molecule has 0 unspecified atom stereocenters. The zero-order chi connectivity index (χ0) is 24.8. The molecular formula is C25H27FN2O7. The zero-order valence-electron chi connectivity index (χ0n) is 19.2. The first kappa shape index (κ1) is 25.0. The quantitative estimate of drug-likeness (QED) is 0.347. The van der Waals surface area contributed by atoms with Gasteiger partial charge in [-0.3, -0.25) is 9.36 Å². The van der Waals surface area contributed by atoms with Crippen LogP contribution in [0.1, 0.15) is 30.7 Å². The Kier molecular flexibility index (Phi) is 7.89. The lowest BCUT2D eigenvalue weighted by molar-refractivity contribution is -0.265. The minimum Gasteiger partial charge on any atom is -0.363 e. The first-order valence-corrected chi connectivity index (χ1v) is 11.1. The highest BCUT2D eigenvalue weighted by Gasteiger charge is 2.47. The molecule has 9 nitrogen and oxygen atoms in total. The van der Waals surface area contributed by atoms with E-state index < -0.39 is 41.9 Å². The molecule has 0 radical (unpaired) electrons. The Bertz CT molecular complexity index is 1230. The van der Waals surface area contributed by atoms with Gasteiger partial charge in [-0.25, -0.2) is 9.36 Å². The summed E-state index contributed by atoms with van der Waals surface area (Å²) >= 11 is 0. The lowest BCUT2D eigenvalue weighted by atomic mass is 10.1. The van der Waals surface area contributed by atoms with E-state index in [1.54, 1.807) is 6.92 Å². The molecule has 186 valence electrons. The van der Waals surface area contributed by atoms with Crippen molar-refractivity contribution in [2.75, 3.05) is 6.79 Å². The van der Waals surface area contributed by atoms with Gasteiger partial charge in [-0.2, -0.15) is 4.39 Å². The number of nitrogens with zero attached hydrogens (tertiary/aromatic N) is 2. The van der Waals surface area contributed by atoms with Crippen LogP contribution in [-0.4, -0.2) is 32.9 Å². The summed E-state index contributed by atoms with van der Waals surface area (Å²) in [4.78, 5) is 25.2. The molecule has 1 aliphatic heterocycles. The number of hydrogen-bond acceptors (Lipinski definition) is 7. The third-order valence-corrected chi connectivity index (χ3v) is 5.76. The molecule has 0 spiro atoms. The maximum atomic E-state index is 14.4. The molecule has 1 N–H and O–H groups in total. The van der Waals surface area contributed by atoms with Crippen molar-refractivity contribution >= 4 is 0 Å². The zero-order valence-corrected chi connectivity index (χ0v) is 19.2. The first-order valence-electron chi connectivity index (χ1n) is 11.1. The van der Waals surface area contributed by atoms with Crippen LogP contribution in [0.25, 0.3) is 0 Å². The summed E-state index contributed by atoms with van der Waals surface area (Å²) in [5.74, 6) is -2.92. The Labute approximate surface area is 200 Å². The van der Waals surface area contributed by atoms with E-state index in [0.717, 1.165) is 21.9 Å². The van der Waals surface area contributed by atoms with Gasteiger partial charge >= 0.3 is 5.69 Å². The first-order chi connectivity index (χ1) is 16.9. The van der Waals surface area contributed by atoms with Crippen molar-refractivity contribution in [3.05, 3.63) is 105 Å². The fourth-order valence-corrected chi connectivity index (χ4v) is 3.76. The maximum Gasteiger partial charge on any atom is 0.335 e. The van der Waals surface area contributed by atoms with Crippen LogP contribution in [0.5, 0.6) is 0 Å². The number of rotatable bonds is 10.